The van der Waals surface area contributed by atoms with Crippen molar-refractivity contribution in [2.24, 2.45) is 0 Å². The lowest BCUT2D eigenvalue weighted by atomic mass is 10.2. The van der Waals surface area contributed by atoms with Crippen LogP contribution in [0.2, 0.25) is 0 Å². The van der Waals surface area contributed by atoms with Crippen molar-refractivity contribution >= 4 is 29.1 Å². The summed E-state index contributed by atoms with van der Waals surface area (Å²) in [6.07, 6.45) is -0.822. The van der Waals surface area contributed by atoms with Gasteiger partial charge in [-0.25, -0.2) is 4.79 Å². The fourth-order valence-electron chi connectivity index (χ4n) is 2.28. The zero-order valence-corrected chi connectivity index (χ0v) is 12.2. The molecule has 0 saturated carbocycles. The van der Waals surface area contributed by atoms with Gasteiger partial charge in [-0.05, 0) is 11.4 Å². The first-order valence-electron chi connectivity index (χ1n) is 6.39. The van der Waals surface area contributed by atoms with E-state index in [1.54, 1.807) is 17.5 Å². The number of nitrogens with zero attached hydrogens (tertiary/aromatic N) is 2. The third kappa shape index (κ3) is 3.40. The Bertz CT molecular complexity index is 545. The van der Waals surface area contributed by atoms with E-state index in [1.165, 1.54) is 23.3 Å². The van der Waals surface area contributed by atoms with E-state index < -0.39 is 24.0 Å². The van der Waals surface area contributed by atoms with Crippen LogP contribution in [-0.4, -0.2) is 70.1 Å². The number of carboxylic acid groups (broad SMARTS) is 1. The molecule has 0 radical (unpaired) electrons. The van der Waals surface area contributed by atoms with Crippen LogP contribution in [0.5, 0.6) is 0 Å². The molecule has 0 aliphatic carbocycles. The maximum Gasteiger partial charge on any atom is 0.326 e. The number of likely N-dealkylation sites (tertiary alicyclic amines) is 1. The average molecular weight is 312 g/mol. The molecule has 0 spiro atoms. The number of aliphatic hydroxyl groups excluding tert-OH is 1. The Hall–Kier alpha value is -1.93. The summed E-state index contributed by atoms with van der Waals surface area (Å²) in [5.41, 5.74) is 0. The summed E-state index contributed by atoms with van der Waals surface area (Å²) in [5.74, 6) is -1.91. The van der Waals surface area contributed by atoms with Gasteiger partial charge in [0.1, 0.15) is 6.04 Å². The highest BCUT2D eigenvalue weighted by molar-refractivity contribution is 7.12. The maximum atomic E-state index is 12.2. The van der Waals surface area contributed by atoms with Crippen LogP contribution in [0.1, 0.15) is 16.1 Å². The Kier molecular flexibility index (Phi) is 4.59. The highest BCUT2D eigenvalue weighted by atomic mass is 32.1. The van der Waals surface area contributed by atoms with E-state index in [1.807, 2.05) is 0 Å². The molecule has 1 aromatic rings. The highest BCUT2D eigenvalue weighted by Gasteiger charge is 2.39. The predicted octanol–water partition coefficient (Wildman–Crippen LogP) is -0.134. The van der Waals surface area contributed by atoms with Gasteiger partial charge >= 0.3 is 5.97 Å². The van der Waals surface area contributed by atoms with E-state index in [-0.39, 0.29) is 25.4 Å². The van der Waals surface area contributed by atoms with Gasteiger partial charge in [0.2, 0.25) is 5.91 Å². The van der Waals surface area contributed by atoms with Crippen molar-refractivity contribution in [1.29, 1.82) is 0 Å². The summed E-state index contributed by atoms with van der Waals surface area (Å²) in [5, 5.41) is 20.3. The van der Waals surface area contributed by atoms with Crippen LogP contribution in [0.25, 0.3) is 0 Å². The number of aliphatic carboxylic acids is 1. The molecular formula is C13H16N2O5S. The molecule has 1 saturated heterocycles. The van der Waals surface area contributed by atoms with Gasteiger partial charge in [-0.15, -0.1) is 11.3 Å². The molecule has 2 amide bonds. The fraction of sp³-hybridized carbons (Fsp3) is 0.462. The van der Waals surface area contributed by atoms with Gasteiger partial charge in [0.25, 0.3) is 5.91 Å². The third-order valence-electron chi connectivity index (χ3n) is 3.34. The van der Waals surface area contributed by atoms with Gasteiger partial charge in [0, 0.05) is 20.0 Å². The van der Waals surface area contributed by atoms with Crippen molar-refractivity contribution in [2.75, 3.05) is 20.1 Å². The number of aliphatic hydroxyl groups is 1. The average Bonchev–Trinajstić information content (AvgIpc) is 3.06. The number of carbonyl (C=O) groups excluding carboxylic acids is 2. The van der Waals surface area contributed by atoms with Crippen LogP contribution in [0.15, 0.2) is 17.5 Å². The third-order valence-corrected chi connectivity index (χ3v) is 4.19. The van der Waals surface area contributed by atoms with E-state index in [0.717, 1.165) is 4.90 Å². The first kappa shape index (κ1) is 15.5. The minimum atomic E-state index is -1.15. The standard InChI is InChI=1S/C13H16N2O5S/c1-14(12(18)10-3-2-4-21-10)7-11(17)15-6-8(16)5-9(15)13(19)20/h2-4,8-9,16H,5-7H2,1H3,(H,19,20)/t8-,9-/m1/s1. The van der Waals surface area contributed by atoms with Gasteiger partial charge in [0.05, 0.1) is 17.5 Å². The van der Waals surface area contributed by atoms with Crippen molar-refractivity contribution in [1.82, 2.24) is 9.80 Å². The monoisotopic (exact) mass is 312 g/mol. The van der Waals surface area contributed by atoms with Crippen LogP contribution >= 0.6 is 11.3 Å². The molecule has 1 aliphatic heterocycles. The molecular weight excluding hydrogens is 296 g/mol. The molecule has 0 unspecified atom stereocenters. The number of hydrogen-bond donors (Lipinski definition) is 2. The highest BCUT2D eigenvalue weighted by Crippen LogP contribution is 2.19. The first-order chi connectivity index (χ1) is 9.90. The van der Waals surface area contributed by atoms with Gasteiger partial charge in [-0.1, -0.05) is 6.07 Å². The summed E-state index contributed by atoms with van der Waals surface area (Å²) < 4.78 is 0. The molecule has 1 aliphatic rings. The van der Waals surface area contributed by atoms with E-state index in [9.17, 15) is 19.5 Å². The molecule has 114 valence electrons. The summed E-state index contributed by atoms with van der Waals surface area (Å²) in [4.78, 5) is 38.2. The van der Waals surface area contributed by atoms with Crippen LogP contribution in [-0.2, 0) is 9.59 Å². The van der Waals surface area contributed by atoms with Crippen molar-refractivity contribution < 1.29 is 24.6 Å². The summed E-state index contributed by atoms with van der Waals surface area (Å²) >= 11 is 1.27. The Morgan fingerprint density at radius 3 is 2.76 bits per heavy atom. The molecule has 1 aromatic heterocycles. The molecule has 2 atom stereocenters. The SMILES string of the molecule is CN(CC(=O)N1C[C@H](O)C[C@@H]1C(=O)O)C(=O)c1cccs1. The number of rotatable bonds is 4. The second-order valence-corrected chi connectivity index (χ2v) is 5.88. The van der Waals surface area contributed by atoms with Crippen LogP contribution in [0.4, 0.5) is 0 Å². The van der Waals surface area contributed by atoms with Crippen molar-refractivity contribution in [3.8, 4) is 0 Å². The maximum absolute atomic E-state index is 12.2. The van der Waals surface area contributed by atoms with E-state index in [4.69, 9.17) is 5.11 Å². The number of likely N-dealkylation sites (N-methyl/N-ethyl adjacent to an activating group) is 1. The van der Waals surface area contributed by atoms with Crippen LogP contribution in [0, 0.1) is 0 Å². The van der Waals surface area contributed by atoms with Crippen LogP contribution in [0.3, 0.4) is 0 Å². The van der Waals surface area contributed by atoms with Crippen molar-refractivity contribution in [2.45, 2.75) is 18.6 Å². The van der Waals surface area contributed by atoms with Crippen LogP contribution < -0.4 is 0 Å². The zero-order chi connectivity index (χ0) is 15.6. The molecule has 2 rings (SSSR count). The molecule has 2 heterocycles. The van der Waals surface area contributed by atoms with E-state index in [2.05, 4.69) is 0 Å². The van der Waals surface area contributed by atoms with Gasteiger partial charge in [-0.2, -0.15) is 0 Å². The largest absolute Gasteiger partial charge is 0.480 e. The number of hydrogen-bond acceptors (Lipinski definition) is 5. The molecule has 1 fully saturated rings. The van der Waals surface area contributed by atoms with Gasteiger partial charge in [0.15, 0.2) is 0 Å². The van der Waals surface area contributed by atoms with Crippen molar-refractivity contribution in [3.63, 3.8) is 0 Å². The number of amides is 2. The Labute approximate surface area is 125 Å². The lowest BCUT2D eigenvalue weighted by Crippen LogP contribution is -2.46. The fourth-order valence-corrected chi connectivity index (χ4v) is 2.99. The second-order valence-electron chi connectivity index (χ2n) is 4.93. The molecule has 0 bridgehead atoms. The Morgan fingerprint density at radius 1 is 1.48 bits per heavy atom. The first-order valence-corrected chi connectivity index (χ1v) is 7.27. The molecule has 0 aromatic carbocycles. The minimum Gasteiger partial charge on any atom is -0.480 e. The number of thiophene rings is 1. The second kappa shape index (κ2) is 6.23. The lowest BCUT2D eigenvalue weighted by molar-refractivity contribution is -0.148. The summed E-state index contributed by atoms with van der Waals surface area (Å²) in [7, 11) is 1.49. The number of β-amino-alcohol motifs (C(OH)–C–C–N with tert-alkyl or cyclic N) is 1. The summed E-state index contributed by atoms with van der Waals surface area (Å²) in [6.45, 7) is -0.232. The molecule has 2 N–H and O–H groups in total. The van der Waals surface area contributed by atoms with E-state index >= 15 is 0 Å². The normalized spacial score (nSPS) is 21.3. The zero-order valence-electron chi connectivity index (χ0n) is 11.4. The molecule has 21 heavy (non-hydrogen) atoms. The molecule has 8 heteroatoms. The predicted molar refractivity (Wildman–Crippen MR) is 75.0 cm³/mol. The Morgan fingerprint density at radius 2 is 2.19 bits per heavy atom. The van der Waals surface area contributed by atoms with Crippen molar-refractivity contribution in [3.05, 3.63) is 22.4 Å². The van der Waals surface area contributed by atoms with Gasteiger partial charge < -0.3 is 20.0 Å². The van der Waals surface area contributed by atoms with Gasteiger partial charge in [-0.3, -0.25) is 9.59 Å². The van der Waals surface area contributed by atoms with E-state index in [0.29, 0.717) is 4.88 Å². The number of carbonyl (C=O) groups is 3. The smallest absolute Gasteiger partial charge is 0.326 e. The quantitative estimate of drug-likeness (QED) is 0.807. The minimum absolute atomic E-state index is 0.0170. The molecule has 7 nitrogen and oxygen atoms in total. The lowest BCUT2D eigenvalue weighted by Gasteiger charge is -2.24. The number of carboxylic acids is 1. The summed E-state index contributed by atoms with van der Waals surface area (Å²) in [6, 6.07) is 2.37. The Balaban J connectivity index is 2.00. The topological polar surface area (TPSA) is 98.2 Å².